The van der Waals surface area contributed by atoms with Crippen molar-refractivity contribution in [3.63, 3.8) is 0 Å². The van der Waals surface area contributed by atoms with Gasteiger partial charge in [-0.25, -0.2) is 0 Å². The quantitative estimate of drug-likeness (QED) is 0.639. The zero-order chi connectivity index (χ0) is 19.2. The Hall–Kier alpha value is -3.15. The summed E-state index contributed by atoms with van der Waals surface area (Å²) in [7, 11) is 3.38. The maximum atomic E-state index is 12.4. The predicted molar refractivity (Wildman–Crippen MR) is 102 cm³/mol. The van der Waals surface area contributed by atoms with Crippen molar-refractivity contribution in [3.8, 4) is 17.1 Å². The highest BCUT2D eigenvalue weighted by molar-refractivity contribution is 5.76. The van der Waals surface area contributed by atoms with Crippen LogP contribution in [0.15, 0.2) is 53.1 Å². The van der Waals surface area contributed by atoms with Crippen LogP contribution in [0.5, 0.6) is 5.75 Å². The van der Waals surface area contributed by atoms with Gasteiger partial charge in [0.15, 0.2) is 0 Å². The molecule has 0 fully saturated rings. The van der Waals surface area contributed by atoms with Crippen molar-refractivity contribution in [2.24, 2.45) is 0 Å². The number of amides is 1. The van der Waals surface area contributed by atoms with Crippen LogP contribution in [0.4, 0.5) is 0 Å². The number of carbonyl (C=O) groups is 1. The van der Waals surface area contributed by atoms with Crippen LogP contribution < -0.4 is 4.74 Å². The molecule has 0 radical (unpaired) electrons. The lowest BCUT2D eigenvalue weighted by molar-refractivity contribution is -0.130. The summed E-state index contributed by atoms with van der Waals surface area (Å²) in [6, 6.07) is 15.6. The molecule has 0 saturated carbocycles. The van der Waals surface area contributed by atoms with Crippen molar-refractivity contribution in [3.05, 3.63) is 65.5 Å². The molecule has 0 unspecified atom stereocenters. The van der Waals surface area contributed by atoms with Crippen LogP contribution in [0.2, 0.25) is 0 Å². The first-order chi connectivity index (χ1) is 13.1. The molecule has 3 rings (SSSR count). The number of benzene rings is 2. The van der Waals surface area contributed by atoms with Crippen molar-refractivity contribution in [2.45, 2.75) is 26.3 Å². The predicted octanol–water partition coefficient (Wildman–Crippen LogP) is 3.64. The van der Waals surface area contributed by atoms with Gasteiger partial charge in [-0.3, -0.25) is 4.79 Å². The fraction of sp³-hybridized carbons (Fsp3) is 0.286. The smallest absolute Gasteiger partial charge is 0.246 e. The van der Waals surface area contributed by atoms with E-state index in [0.717, 1.165) is 22.4 Å². The minimum atomic E-state index is 0.0291. The molecule has 3 aromatic rings. The Balaban J connectivity index is 1.56. The Morgan fingerprint density at radius 1 is 1.15 bits per heavy atom. The summed E-state index contributed by atoms with van der Waals surface area (Å²) in [5.74, 6) is 1.81. The van der Waals surface area contributed by atoms with E-state index in [4.69, 9.17) is 9.26 Å². The summed E-state index contributed by atoms with van der Waals surface area (Å²) < 4.78 is 10.5. The number of aryl methyl sites for hydroxylation is 2. The van der Waals surface area contributed by atoms with Crippen LogP contribution >= 0.6 is 0 Å². The molecule has 0 atom stereocenters. The van der Waals surface area contributed by atoms with E-state index in [-0.39, 0.29) is 5.91 Å². The summed E-state index contributed by atoms with van der Waals surface area (Å²) in [5, 5.41) is 4.03. The Kier molecular flexibility index (Phi) is 5.86. The summed E-state index contributed by atoms with van der Waals surface area (Å²) >= 11 is 0. The van der Waals surface area contributed by atoms with Gasteiger partial charge in [0, 0.05) is 19.0 Å². The van der Waals surface area contributed by atoms with E-state index >= 15 is 0 Å². The fourth-order valence-electron chi connectivity index (χ4n) is 2.78. The molecule has 6 nitrogen and oxygen atoms in total. The lowest BCUT2D eigenvalue weighted by atomic mass is 10.1. The molecule has 0 spiro atoms. The van der Waals surface area contributed by atoms with Crippen LogP contribution in [0, 0.1) is 6.92 Å². The first kappa shape index (κ1) is 18.6. The number of methoxy groups -OCH3 is 1. The number of ether oxygens (including phenoxy) is 1. The maximum Gasteiger partial charge on any atom is 0.246 e. The topological polar surface area (TPSA) is 68.5 Å². The van der Waals surface area contributed by atoms with E-state index in [0.29, 0.717) is 31.1 Å². The van der Waals surface area contributed by atoms with E-state index in [1.165, 1.54) is 0 Å². The zero-order valence-electron chi connectivity index (χ0n) is 15.8. The Morgan fingerprint density at radius 2 is 1.89 bits per heavy atom. The van der Waals surface area contributed by atoms with Crippen molar-refractivity contribution in [1.29, 1.82) is 0 Å². The molecule has 0 bridgehead atoms. The number of hydrogen-bond acceptors (Lipinski definition) is 5. The van der Waals surface area contributed by atoms with Gasteiger partial charge < -0.3 is 14.2 Å². The van der Waals surface area contributed by atoms with Gasteiger partial charge in [-0.15, -0.1) is 0 Å². The molecule has 0 aliphatic rings. The SMILES string of the molecule is COc1ccc(CCC(=O)N(C)Cc2nc(-c3ccccc3C)no2)cc1. The summed E-state index contributed by atoms with van der Waals surface area (Å²) in [5.41, 5.74) is 3.10. The van der Waals surface area contributed by atoms with Gasteiger partial charge >= 0.3 is 0 Å². The average Bonchev–Trinajstić information content (AvgIpc) is 3.15. The van der Waals surface area contributed by atoms with Gasteiger partial charge in [0.1, 0.15) is 5.75 Å². The Morgan fingerprint density at radius 3 is 2.59 bits per heavy atom. The molecule has 0 saturated heterocycles. The maximum absolute atomic E-state index is 12.4. The Labute approximate surface area is 158 Å². The summed E-state index contributed by atoms with van der Waals surface area (Å²) in [6.45, 7) is 2.29. The van der Waals surface area contributed by atoms with E-state index < -0.39 is 0 Å². The third-order valence-electron chi connectivity index (χ3n) is 4.44. The standard InChI is InChI=1S/C21H23N3O3/c1-15-6-4-5-7-18(15)21-22-19(27-23-21)14-24(2)20(25)13-10-16-8-11-17(26-3)12-9-16/h4-9,11-12H,10,13-14H2,1-3H3. The van der Waals surface area contributed by atoms with Gasteiger partial charge in [-0.2, -0.15) is 4.98 Å². The van der Waals surface area contributed by atoms with Gasteiger partial charge in [0.05, 0.1) is 13.7 Å². The normalized spacial score (nSPS) is 10.6. The highest BCUT2D eigenvalue weighted by atomic mass is 16.5. The monoisotopic (exact) mass is 365 g/mol. The highest BCUT2D eigenvalue weighted by Gasteiger charge is 2.15. The highest BCUT2D eigenvalue weighted by Crippen LogP contribution is 2.20. The lowest BCUT2D eigenvalue weighted by Gasteiger charge is -2.14. The molecule has 2 aromatic carbocycles. The molecule has 0 aliphatic carbocycles. The number of carbonyl (C=O) groups excluding carboxylic acids is 1. The van der Waals surface area contributed by atoms with E-state index in [1.807, 2.05) is 55.5 Å². The largest absolute Gasteiger partial charge is 0.497 e. The molecule has 1 amide bonds. The average molecular weight is 365 g/mol. The van der Waals surface area contributed by atoms with Crippen LogP contribution in [0.25, 0.3) is 11.4 Å². The van der Waals surface area contributed by atoms with Crippen LogP contribution in [-0.4, -0.2) is 35.1 Å². The molecule has 27 heavy (non-hydrogen) atoms. The first-order valence-corrected chi connectivity index (χ1v) is 8.82. The van der Waals surface area contributed by atoms with Crippen LogP contribution in [0.3, 0.4) is 0 Å². The number of aromatic nitrogens is 2. The van der Waals surface area contributed by atoms with E-state index in [9.17, 15) is 4.79 Å². The molecule has 140 valence electrons. The van der Waals surface area contributed by atoms with Gasteiger partial charge in [0.25, 0.3) is 0 Å². The Bertz CT molecular complexity index is 903. The van der Waals surface area contributed by atoms with Crippen molar-refractivity contribution in [1.82, 2.24) is 15.0 Å². The minimum Gasteiger partial charge on any atom is -0.497 e. The van der Waals surface area contributed by atoms with Crippen LogP contribution in [0.1, 0.15) is 23.4 Å². The first-order valence-electron chi connectivity index (χ1n) is 8.82. The zero-order valence-corrected chi connectivity index (χ0v) is 15.8. The lowest BCUT2D eigenvalue weighted by Crippen LogP contribution is -2.26. The number of nitrogens with zero attached hydrogens (tertiary/aromatic N) is 3. The number of hydrogen-bond donors (Lipinski definition) is 0. The fourth-order valence-corrected chi connectivity index (χ4v) is 2.78. The van der Waals surface area contributed by atoms with Crippen molar-refractivity contribution < 1.29 is 14.1 Å². The van der Waals surface area contributed by atoms with Gasteiger partial charge in [-0.1, -0.05) is 41.6 Å². The van der Waals surface area contributed by atoms with Crippen molar-refractivity contribution in [2.75, 3.05) is 14.2 Å². The molecule has 1 aromatic heterocycles. The van der Waals surface area contributed by atoms with Gasteiger partial charge in [-0.05, 0) is 36.6 Å². The second-order valence-corrected chi connectivity index (χ2v) is 6.42. The summed E-state index contributed by atoms with van der Waals surface area (Å²) in [6.07, 6.45) is 1.09. The molecule has 6 heteroatoms. The third-order valence-corrected chi connectivity index (χ3v) is 4.44. The second-order valence-electron chi connectivity index (χ2n) is 6.42. The summed E-state index contributed by atoms with van der Waals surface area (Å²) in [4.78, 5) is 18.4. The third kappa shape index (κ3) is 4.73. The molecule has 0 aliphatic heterocycles. The second kappa shape index (κ2) is 8.49. The molecule has 1 heterocycles. The van der Waals surface area contributed by atoms with Crippen molar-refractivity contribution >= 4 is 5.91 Å². The van der Waals surface area contributed by atoms with Gasteiger partial charge in [0.2, 0.25) is 17.6 Å². The van der Waals surface area contributed by atoms with Crippen LogP contribution in [-0.2, 0) is 17.8 Å². The molecular weight excluding hydrogens is 342 g/mol. The van der Waals surface area contributed by atoms with E-state index in [2.05, 4.69) is 10.1 Å². The van der Waals surface area contributed by atoms with E-state index in [1.54, 1.807) is 19.1 Å². The molecular formula is C21H23N3O3. The molecule has 0 N–H and O–H groups in total. The minimum absolute atomic E-state index is 0.0291. The number of rotatable bonds is 7.